The van der Waals surface area contributed by atoms with Crippen LogP contribution in [0.15, 0.2) is 24.3 Å². The predicted molar refractivity (Wildman–Crippen MR) is 79.6 cm³/mol. The molecule has 1 amide bonds. The normalized spacial score (nSPS) is 18.3. The first kappa shape index (κ1) is 19.5. The SMILES string of the molecule is COCC(NC(=O)CC(O)C1(F)CC1)c1cccc(OC(F)(F)F)c1. The van der Waals surface area contributed by atoms with Gasteiger partial charge in [-0.25, -0.2) is 4.39 Å². The molecule has 5 nitrogen and oxygen atoms in total. The van der Waals surface area contributed by atoms with Gasteiger partial charge >= 0.3 is 6.36 Å². The van der Waals surface area contributed by atoms with E-state index in [4.69, 9.17) is 4.74 Å². The summed E-state index contributed by atoms with van der Waals surface area (Å²) >= 11 is 0. The van der Waals surface area contributed by atoms with Gasteiger partial charge in [0.2, 0.25) is 5.91 Å². The Bertz CT molecular complexity index is 604. The molecule has 1 fully saturated rings. The molecule has 0 aromatic heterocycles. The number of aliphatic hydroxyl groups is 1. The van der Waals surface area contributed by atoms with Gasteiger partial charge in [-0.1, -0.05) is 12.1 Å². The number of amides is 1. The number of aliphatic hydroxyl groups excluding tert-OH is 1. The van der Waals surface area contributed by atoms with E-state index >= 15 is 0 Å². The molecule has 2 N–H and O–H groups in total. The topological polar surface area (TPSA) is 67.8 Å². The van der Waals surface area contributed by atoms with Crippen LogP contribution >= 0.6 is 0 Å². The number of rotatable bonds is 8. The van der Waals surface area contributed by atoms with Crippen molar-refractivity contribution >= 4 is 5.91 Å². The minimum absolute atomic E-state index is 0.0158. The summed E-state index contributed by atoms with van der Waals surface area (Å²) < 4.78 is 59.5. The Hall–Kier alpha value is -1.87. The van der Waals surface area contributed by atoms with Gasteiger partial charge in [-0.3, -0.25) is 4.79 Å². The summed E-state index contributed by atoms with van der Waals surface area (Å²) in [5.74, 6) is -1.05. The molecule has 0 heterocycles. The molecular weight excluding hydrogens is 346 g/mol. The second-order valence-electron chi connectivity index (χ2n) is 5.95. The molecule has 25 heavy (non-hydrogen) atoms. The second-order valence-corrected chi connectivity index (χ2v) is 5.95. The molecule has 1 aromatic carbocycles. The Balaban J connectivity index is 2.04. The van der Waals surface area contributed by atoms with Gasteiger partial charge in [-0.2, -0.15) is 0 Å². The van der Waals surface area contributed by atoms with Crippen molar-refractivity contribution in [1.82, 2.24) is 5.32 Å². The van der Waals surface area contributed by atoms with Crippen molar-refractivity contribution in [3.05, 3.63) is 29.8 Å². The van der Waals surface area contributed by atoms with E-state index in [-0.39, 0.29) is 19.4 Å². The van der Waals surface area contributed by atoms with Crippen molar-refractivity contribution in [2.45, 2.75) is 43.4 Å². The van der Waals surface area contributed by atoms with Gasteiger partial charge in [0.25, 0.3) is 0 Å². The molecule has 2 atom stereocenters. The van der Waals surface area contributed by atoms with E-state index in [1.54, 1.807) is 0 Å². The summed E-state index contributed by atoms with van der Waals surface area (Å²) in [6.07, 6.45) is -6.26. The maximum atomic E-state index is 13.7. The van der Waals surface area contributed by atoms with E-state index in [2.05, 4.69) is 10.1 Å². The highest BCUT2D eigenvalue weighted by Gasteiger charge is 2.50. The number of carbonyl (C=O) groups is 1. The van der Waals surface area contributed by atoms with Crippen molar-refractivity contribution in [3.8, 4) is 5.75 Å². The van der Waals surface area contributed by atoms with Crippen LogP contribution in [0.3, 0.4) is 0 Å². The highest BCUT2D eigenvalue weighted by atomic mass is 19.4. The average molecular weight is 365 g/mol. The van der Waals surface area contributed by atoms with Crippen LogP contribution < -0.4 is 10.1 Å². The monoisotopic (exact) mass is 365 g/mol. The molecule has 140 valence electrons. The number of nitrogens with one attached hydrogen (secondary N) is 1. The minimum atomic E-state index is -4.83. The summed E-state index contributed by atoms with van der Waals surface area (Å²) in [6.45, 7) is -0.0158. The Morgan fingerprint density at radius 2 is 2.08 bits per heavy atom. The number of carbonyl (C=O) groups excluding carboxylic acids is 1. The summed E-state index contributed by atoms with van der Waals surface area (Å²) in [4.78, 5) is 12.0. The summed E-state index contributed by atoms with van der Waals surface area (Å²) in [7, 11) is 1.37. The molecule has 0 aliphatic heterocycles. The zero-order chi connectivity index (χ0) is 18.7. The molecule has 2 rings (SSSR count). The third-order valence-corrected chi connectivity index (χ3v) is 3.87. The van der Waals surface area contributed by atoms with E-state index < -0.39 is 42.3 Å². The Morgan fingerprint density at radius 3 is 2.64 bits per heavy atom. The first-order valence-corrected chi connectivity index (χ1v) is 7.64. The van der Waals surface area contributed by atoms with Crippen molar-refractivity contribution in [3.63, 3.8) is 0 Å². The highest BCUT2D eigenvalue weighted by Crippen LogP contribution is 2.43. The van der Waals surface area contributed by atoms with Crippen molar-refractivity contribution in [2.75, 3.05) is 13.7 Å². The zero-order valence-corrected chi connectivity index (χ0v) is 13.5. The van der Waals surface area contributed by atoms with Gasteiger partial charge in [-0.05, 0) is 30.5 Å². The van der Waals surface area contributed by atoms with Crippen LogP contribution in [0.1, 0.15) is 30.9 Å². The van der Waals surface area contributed by atoms with Gasteiger partial charge in [-0.15, -0.1) is 13.2 Å². The van der Waals surface area contributed by atoms with E-state index in [0.717, 1.165) is 12.1 Å². The number of hydrogen-bond acceptors (Lipinski definition) is 4. The number of halogens is 4. The Kier molecular flexibility index (Phi) is 5.89. The maximum absolute atomic E-state index is 13.7. The molecule has 0 spiro atoms. The summed E-state index contributed by atoms with van der Waals surface area (Å²) in [6, 6.07) is 4.34. The molecule has 0 bridgehead atoms. The lowest BCUT2D eigenvalue weighted by atomic mass is 10.1. The van der Waals surface area contributed by atoms with Crippen LogP contribution in [-0.2, 0) is 9.53 Å². The Labute approximate surface area is 141 Å². The van der Waals surface area contributed by atoms with Crippen LogP contribution in [0.4, 0.5) is 17.6 Å². The standard InChI is InChI=1S/C16H19F4NO4/c1-24-9-12(21-14(23)8-13(22)15(17)5-6-15)10-3-2-4-11(7-10)25-16(18,19)20/h2-4,7,12-13,22H,5-6,8-9H2,1H3,(H,21,23). The fraction of sp³-hybridized carbons (Fsp3) is 0.562. The molecule has 1 saturated carbocycles. The maximum Gasteiger partial charge on any atom is 0.573 e. The summed E-state index contributed by atoms with van der Waals surface area (Å²) in [5.41, 5.74) is -1.39. The average Bonchev–Trinajstić information content (AvgIpc) is 3.24. The van der Waals surface area contributed by atoms with Crippen LogP contribution in [0, 0.1) is 0 Å². The van der Waals surface area contributed by atoms with Gasteiger partial charge in [0, 0.05) is 7.11 Å². The molecular formula is C16H19F4NO4. The van der Waals surface area contributed by atoms with Gasteiger partial charge in [0.1, 0.15) is 11.4 Å². The van der Waals surface area contributed by atoms with Crippen LogP contribution in [0.2, 0.25) is 0 Å². The van der Waals surface area contributed by atoms with Gasteiger partial charge < -0.3 is 19.9 Å². The predicted octanol–water partition coefficient (Wildman–Crippen LogP) is 2.64. The number of alkyl halides is 4. The highest BCUT2D eigenvalue weighted by molar-refractivity contribution is 5.77. The Morgan fingerprint density at radius 1 is 1.40 bits per heavy atom. The fourth-order valence-electron chi connectivity index (χ4n) is 2.38. The van der Waals surface area contributed by atoms with Crippen molar-refractivity contribution in [1.29, 1.82) is 0 Å². The third kappa shape index (κ3) is 5.86. The van der Waals surface area contributed by atoms with E-state index in [0.29, 0.717) is 5.56 Å². The zero-order valence-electron chi connectivity index (χ0n) is 13.5. The first-order chi connectivity index (χ1) is 11.6. The van der Waals surface area contributed by atoms with E-state index in [1.807, 2.05) is 0 Å². The lowest BCUT2D eigenvalue weighted by Gasteiger charge is -2.21. The quantitative estimate of drug-likeness (QED) is 0.695. The minimum Gasteiger partial charge on any atom is -0.406 e. The van der Waals surface area contributed by atoms with Crippen LogP contribution in [-0.4, -0.2) is 42.9 Å². The van der Waals surface area contributed by atoms with Crippen molar-refractivity contribution < 1.29 is 36.9 Å². The molecule has 0 saturated heterocycles. The summed E-state index contributed by atoms with van der Waals surface area (Å²) in [5, 5.41) is 12.2. The van der Waals surface area contributed by atoms with Crippen LogP contribution in [0.5, 0.6) is 5.75 Å². The fourth-order valence-corrected chi connectivity index (χ4v) is 2.38. The molecule has 1 aliphatic rings. The van der Waals surface area contributed by atoms with Gasteiger partial charge in [0.05, 0.1) is 25.2 Å². The second kappa shape index (κ2) is 7.57. The molecule has 0 radical (unpaired) electrons. The lowest BCUT2D eigenvalue weighted by molar-refractivity contribution is -0.274. The van der Waals surface area contributed by atoms with E-state index in [9.17, 15) is 27.5 Å². The third-order valence-electron chi connectivity index (χ3n) is 3.87. The number of methoxy groups -OCH3 is 1. The van der Waals surface area contributed by atoms with Crippen molar-refractivity contribution in [2.24, 2.45) is 0 Å². The molecule has 1 aliphatic carbocycles. The molecule has 2 unspecified atom stereocenters. The smallest absolute Gasteiger partial charge is 0.406 e. The van der Waals surface area contributed by atoms with Crippen LogP contribution in [0.25, 0.3) is 0 Å². The molecule has 9 heteroatoms. The molecule has 1 aromatic rings. The number of hydrogen-bond donors (Lipinski definition) is 2. The van der Waals surface area contributed by atoms with E-state index in [1.165, 1.54) is 19.2 Å². The largest absolute Gasteiger partial charge is 0.573 e. The number of benzene rings is 1. The lowest BCUT2D eigenvalue weighted by Crippen LogP contribution is -2.36. The van der Waals surface area contributed by atoms with Gasteiger partial charge in [0.15, 0.2) is 0 Å². The number of ether oxygens (including phenoxy) is 2. The first-order valence-electron chi connectivity index (χ1n) is 7.64.